The lowest BCUT2D eigenvalue weighted by Crippen LogP contribution is -2.54. The summed E-state index contributed by atoms with van der Waals surface area (Å²) in [4.78, 5) is 39.3. The number of hydrogen-bond acceptors (Lipinski definition) is 5. The highest BCUT2D eigenvalue weighted by atomic mass is 79.9. The van der Waals surface area contributed by atoms with Crippen molar-refractivity contribution in [1.82, 2.24) is 5.32 Å². The van der Waals surface area contributed by atoms with Crippen molar-refractivity contribution in [1.29, 1.82) is 0 Å². The SMILES string of the molecule is CCOc1cc(/C=C2\C(=O)NC(=O)N(c3cccc(C)c3C)C2=O)cc(Br)c1OC(C)C. The van der Waals surface area contributed by atoms with Crippen LogP contribution in [0.25, 0.3) is 6.08 Å². The molecule has 168 valence electrons. The van der Waals surface area contributed by atoms with Gasteiger partial charge in [-0.15, -0.1) is 0 Å². The monoisotopic (exact) mass is 500 g/mol. The molecular formula is C24H25BrN2O5. The van der Waals surface area contributed by atoms with E-state index in [1.165, 1.54) is 6.08 Å². The number of halogens is 1. The molecule has 0 spiro atoms. The highest BCUT2D eigenvalue weighted by Crippen LogP contribution is 2.38. The number of nitrogens with zero attached hydrogens (tertiary/aromatic N) is 1. The van der Waals surface area contributed by atoms with Crippen molar-refractivity contribution in [2.75, 3.05) is 11.5 Å². The maximum absolute atomic E-state index is 13.2. The quantitative estimate of drug-likeness (QED) is 0.449. The Labute approximate surface area is 195 Å². The number of ether oxygens (including phenoxy) is 2. The summed E-state index contributed by atoms with van der Waals surface area (Å²) in [6, 6.07) is 7.97. The first kappa shape index (κ1) is 23.5. The van der Waals surface area contributed by atoms with Crippen molar-refractivity contribution in [3.05, 3.63) is 57.1 Å². The average molecular weight is 501 g/mol. The minimum atomic E-state index is -0.775. The van der Waals surface area contributed by atoms with Gasteiger partial charge in [-0.2, -0.15) is 0 Å². The number of imide groups is 2. The highest BCUT2D eigenvalue weighted by molar-refractivity contribution is 9.10. The summed E-state index contributed by atoms with van der Waals surface area (Å²) in [5.74, 6) is -0.425. The summed E-state index contributed by atoms with van der Waals surface area (Å²) in [5, 5.41) is 2.26. The molecule has 4 amide bonds. The van der Waals surface area contributed by atoms with Crippen molar-refractivity contribution in [2.45, 2.75) is 40.7 Å². The number of nitrogens with one attached hydrogen (secondary N) is 1. The number of urea groups is 1. The van der Waals surface area contributed by atoms with Gasteiger partial charge in [0.25, 0.3) is 11.8 Å². The predicted octanol–water partition coefficient (Wildman–Crippen LogP) is 4.92. The molecule has 8 heteroatoms. The Morgan fingerprint density at radius 3 is 2.53 bits per heavy atom. The summed E-state index contributed by atoms with van der Waals surface area (Å²) in [5.41, 5.74) is 2.53. The summed E-state index contributed by atoms with van der Waals surface area (Å²) in [6.45, 7) is 9.79. The van der Waals surface area contributed by atoms with E-state index in [9.17, 15) is 14.4 Å². The fourth-order valence-corrected chi connectivity index (χ4v) is 3.86. The van der Waals surface area contributed by atoms with E-state index in [1.807, 2.05) is 40.7 Å². The number of amides is 4. The molecule has 7 nitrogen and oxygen atoms in total. The van der Waals surface area contributed by atoms with Crippen LogP contribution in [0.15, 0.2) is 40.4 Å². The molecule has 0 unspecified atom stereocenters. The van der Waals surface area contributed by atoms with Gasteiger partial charge in [0, 0.05) is 0 Å². The number of barbiturate groups is 1. The standard InChI is InChI=1S/C24H25BrN2O5/c1-6-31-20-12-16(11-18(25)21(20)32-13(2)3)10-17-22(28)26-24(30)27(23(17)29)19-9-7-8-14(4)15(19)5/h7-13H,6H2,1-5H3,(H,26,28,30)/b17-10+. The summed E-state index contributed by atoms with van der Waals surface area (Å²) in [6.07, 6.45) is 1.37. The molecule has 0 saturated carbocycles. The van der Waals surface area contributed by atoms with Crippen molar-refractivity contribution in [3.63, 3.8) is 0 Å². The van der Waals surface area contributed by atoms with Gasteiger partial charge in [-0.05, 0) is 91.5 Å². The third-order valence-electron chi connectivity index (χ3n) is 4.91. The maximum Gasteiger partial charge on any atom is 0.335 e. The van der Waals surface area contributed by atoms with Crippen LogP contribution in [-0.2, 0) is 9.59 Å². The Morgan fingerprint density at radius 2 is 1.88 bits per heavy atom. The molecule has 3 rings (SSSR count). The molecule has 2 aromatic rings. The molecule has 0 aliphatic carbocycles. The summed E-state index contributed by atoms with van der Waals surface area (Å²) >= 11 is 3.48. The third kappa shape index (κ3) is 4.70. The summed E-state index contributed by atoms with van der Waals surface area (Å²) in [7, 11) is 0. The van der Waals surface area contributed by atoms with E-state index in [4.69, 9.17) is 9.47 Å². The number of carbonyl (C=O) groups excluding carboxylic acids is 3. The molecule has 1 N–H and O–H groups in total. The van der Waals surface area contributed by atoms with Crippen molar-refractivity contribution >= 4 is 45.5 Å². The van der Waals surface area contributed by atoms with Gasteiger partial charge in [-0.3, -0.25) is 14.9 Å². The zero-order valence-electron chi connectivity index (χ0n) is 18.6. The number of anilines is 1. The zero-order chi connectivity index (χ0) is 23.6. The van der Waals surface area contributed by atoms with Crippen molar-refractivity contribution in [3.8, 4) is 11.5 Å². The van der Waals surface area contributed by atoms with Crippen LogP contribution in [0.1, 0.15) is 37.5 Å². The Balaban J connectivity index is 2.07. The van der Waals surface area contributed by atoms with Gasteiger partial charge >= 0.3 is 6.03 Å². The van der Waals surface area contributed by atoms with Crippen LogP contribution in [0.4, 0.5) is 10.5 Å². The zero-order valence-corrected chi connectivity index (χ0v) is 20.2. The molecule has 1 aliphatic heterocycles. The molecule has 0 bridgehead atoms. The normalized spacial score (nSPS) is 15.4. The Bertz CT molecular complexity index is 1120. The Morgan fingerprint density at radius 1 is 1.16 bits per heavy atom. The van der Waals surface area contributed by atoms with Crippen LogP contribution in [0, 0.1) is 13.8 Å². The van der Waals surface area contributed by atoms with Crippen molar-refractivity contribution < 1.29 is 23.9 Å². The summed E-state index contributed by atoms with van der Waals surface area (Å²) < 4.78 is 12.2. The van der Waals surface area contributed by atoms with E-state index in [0.717, 1.165) is 16.0 Å². The first-order chi connectivity index (χ1) is 15.1. The van der Waals surface area contributed by atoms with E-state index < -0.39 is 17.8 Å². The molecule has 0 aromatic heterocycles. The van der Waals surface area contributed by atoms with E-state index in [0.29, 0.717) is 33.8 Å². The lowest BCUT2D eigenvalue weighted by molar-refractivity contribution is -0.122. The largest absolute Gasteiger partial charge is 0.490 e. The average Bonchev–Trinajstić information content (AvgIpc) is 2.71. The van der Waals surface area contributed by atoms with E-state index in [1.54, 1.807) is 24.3 Å². The number of carbonyl (C=O) groups is 3. The van der Waals surface area contributed by atoms with Crippen molar-refractivity contribution in [2.24, 2.45) is 0 Å². The second-order valence-corrected chi connectivity index (χ2v) is 8.46. The highest BCUT2D eigenvalue weighted by Gasteiger charge is 2.37. The number of aryl methyl sites for hydroxylation is 1. The molecule has 1 saturated heterocycles. The van der Waals surface area contributed by atoms with E-state index in [2.05, 4.69) is 21.2 Å². The maximum atomic E-state index is 13.2. The number of rotatable bonds is 6. The van der Waals surface area contributed by atoms with Gasteiger partial charge in [0.05, 0.1) is 22.9 Å². The molecule has 1 aliphatic rings. The van der Waals surface area contributed by atoms with Crippen LogP contribution in [0.2, 0.25) is 0 Å². The second kappa shape index (κ2) is 9.56. The van der Waals surface area contributed by atoms with Gasteiger partial charge in [0.1, 0.15) is 5.57 Å². The Hall–Kier alpha value is -3.13. The molecule has 32 heavy (non-hydrogen) atoms. The minimum absolute atomic E-state index is 0.0717. The van der Waals surface area contributed by atoms with Gasteiger partial charge in [-0.25, -0.2) is 9.69 Å². The molecular weight excluding hydrogens is 476 g/mol. The van der Waals surface area contributed by atoms with Gasteiger partial charge < -0.3 is 9.47 Å². The third-order valence-corrected chi connectivity index (χ3v) is 5.50. The first-order valence-electron chi connectivity index (χ1n) is 10.2. The fraction of sp³-hybridized carbons (Fsp3) is 0.292. The van der Waals surface area contributed by atoms with Gasteiger partial charge in [0.2, 0.25) is 0 Å². The smallest absolute Gasteiger partial charge is 0.335 e. The number of hydrogen-bond donors (Lipinski definition) is 1. The predicted molar refractivity (Wildman–Crippen MR) is 126 cm³/mol. The van der Waals surface area contributed by atoms with Crippen LogP contribution < -0.4 is 19.7 Å². The lowest BCUT2D eigenvalue weighted by atomic mass is 10.0. The second-order valence-electron chi connectivity index (χ2n) is 7.61. The van der Waals surface area contributed by atoms with Crippen LogP contribution >= 0.6 is 15.9 Å². The fourth-order valence-electron chi connectivity index (χ4n) is 3.31. The molecule has 0 atom stereocenters. The first-order valence-corrected chi connectivity index (χ1v) is 11.0. The van der Waals surface area contributed by atoms with Crippen LogP contribution in [0.3, 0.4) is 0 Å². The van der Waals surface area contributed by atoms with Crippen LogP contribution in [-0.4, -0.2) is 30.6 Å². The molecule has 1 fully saturated rings. The molecule has 1 heterocycles. The molecule has 2 aromatic carbocycles. The van der Waals surface area contributed by atoms with Gasteiger partial charge in [0.15, 0.2) is 11.5 Å². The van der Waals surface area contributed by atoms with E-state index in [-0.39, 0.29) is 11.7 Å². The minimum Gasteiger partial charge on any atom is -0.490 e. The molecule has 0 radical (unpaired) electrons. The topological polar surface area (TPSA) is 84.9 Å². The lowest BCUT2D eigenvalue weighted by Gasteiger charge is -2.28. The van der Waals surface area contributed by atoms with Crippen LogP contribution in [0.5, 0.6) is 11.5 Å². The van der Waals surface area contributed by atoms with Gasteiger partial charge in [-0.1, -0.05) is 12.1 Å². The Kier molecular flexibility index (Phi) is 7.03. The van der Waals surface area contributed by atoms with E-state index >= 15 is 0 Å². The number of benzene rings is 2.